The zero-order valence-corrected chi connectivity index (χ0v) is 16.3. The zero-order chi connectivity index (χ0) is 18.6. The molecule has 1 aromatic rings. The first-order valence-corrected chi connectivity index (χ1v) is 8.94. The molecule has 1 fully saturated rings. The number of likely N-dealkylation sites (tertiary alicyclic amines) is 1. The topological polar surface area (TPSA) is 70.8 Å². The Morgan fingerprint density at radius 3 is 2.60 bits per heavy atom. The normalized spacial score (nSPS) is 17.5. The number of amides is 1. The van der Waals surface area contributed by atoms with E-state index in [0.717, 1.165) is 32.4 Å². The molecule has 0 aromatic heterocycles. The van der Waals surface area contributed by atoms with E-state index in [4.69, 9.17) is 22.1 Å². The maximum Gasteiger partial charge on any atom is 0.255 e. The van der Waals surface area contributed by atoms with Gasteiger partial charge < -0.3 is 25.6 Å². The Bertz CT molecular complexity index is 613. The summed E-state index contributed by atoms with van der Waals surface area (Å²) in [6.45, 7) is 2.76. The molecule has 0 atom stereocenters. The highest BCUT2D eigenvalue weighted by Gasteiger charge is 2.35. The number of carbonyl (C=O) groups is 1. The fraction of sp³-hybridized carbons (Fsp3) is 0.611. The largest absolute Gasteiger partial charge is 0.496 e. The predicted molar refractivity (Wildman–Crippen MR) is 103 cm³/mol. The van der Waals surface area contributed by atoms with Crippen LogP contribution in [-0.2, 0) is 0 Å². The highest BCUT2D eigenvalue weighted by Crippen LogP contribution is 2.31. The van der Waals surface area contributed by atoms with Gasteiger partial charge in [0.05, 0.1) is 23.4 Å². The molecule has 7 heteroatoms. The fourth-order valence-electron chi connectivity index (χ4n) is 3.37. The van der Waals surface area contributed by atoms with Gasteiger partial charge in [0.25, 0.3) is 5.91 Å². The van der Waals surface area contributed by atoms with E-state index in [1.807, 2.05) is 0 Å². The second-order valence-corrected chi connectivity index (χ2v) is 7.41. The molecule has 0 aliphatic carbocycles. The summed E-state index contributed by atoms with van der Waals surface area (Å²) in [5.74, 6) is 0.238. The van der Waals surface area contributed by atoms with Crippen LogP contribution in [0.2, 0.25) is 5.02 Å². The van der Waals surface area contributed by atoms with Crippen LogP contribution in [0.25, 0.3) is 0 Å². The minimum absolute atomic E-state index is 0.128. The first kappa shape index (κ1) is 19.8. The summed E-state index contributed by atoms with van der Waals surface area (Å²) in [6.07, 6.45) is 3.11. The first-order valence-electron chi connectivity index (χ1n) is 8.56. The number of nitrogen functional groups attached to an aromatic ring is 1. The van der Waals surface area contributed by atoms with E-state index < -0.39 is 0 Å². The number of benzene rings is 1. The average molecular weight is 369 g/mol. The van der Waals surface area contributed by atoms with Gasteiger partial charge in [0.15, 0.2) is 0 Å². The van der Waals surface area contributed by atoms with Gasteiger partial charge in [-0.3, -0.25) is 4.79 Å². The number of rotatable bonds is 6. The van der Waals surface area contributed by atoms with E-state index in [1.165, 1.54) is 7.11 Å². The molecule has 25 heavy (non-hydrogen) atoms. The number of nitrogens with zero attached hydrogens (tertiary/aromatic N) is 2. The fourth-order valence-corrected chi connectivity index (χ4v) is 3.54. The third kappa shape index (κ3) is 4.57. The molecule has 140 valence electrons. The van der Waals surface area contributed by atoms with Crippen molar-refractivity contribution < 1.29 is 9.53 Å². The molecule has 0 radical (unpaired) electrons. The van der Waals surface area contributed by atoms with E-state index in [0.29, 0.717) is 28.6 Å². The van der Waals surface area contributed by atoms with Crippen LogP contribution >= 0.6 is 11.6 Å². The molecule has 6 nitrogen and oxygen atoms in total. The van der Waals surface area contributed by atoms with Gasteiger partial charge in [0.2, 0.25) is 0 Å². The number of halogens is 1. The first-order chi connectivity index (χ1) is 11.8. The molecule has 1 heterocycles. The van der Waals surface area contributed by atoms with Crippen LogP contribution in [0.4, 0.5) is 5.69 Å². The number of nitrogens with one attached hydrogen (secondary N) is 1. The highest BCUT2D eigenvalue weighted by atomic mass is 35.5. The summed E-state index contributed by atoms with van der Waals surface area (Å²) in [7, 11) is 7.91. The van der Waals surface area contributed by atoms with Gasteiger partial charge in [-0.05, 0) is 59.6 Å². The SMILES string of the molecule is COc1cc(N)c(Cl)cc1C(=O)NCCC1(N(C)C)CCN(C)CC1. The van der Waals surface area contributed by atoms with Crippen LogP contribution in [-0.4, -0.2) is 69.1 Å². The molecule has 2 rings (SSSR count). The van der Waals surface area contributed by atoms with Crippen LogP contribution in [0.15, 0.2) is 12.1 Å². The van der Waals surface area contributed by atoms with E-state index in [2.05, 4.69) is 36.3 Å². The van der Waals surface area contributed by atoms with Gasteiger partial charge in [0, 0.05) is 18.2 Å². The summed E-state index contributed by atoms with van der Waals surface area (Å²) >= 11 is 6.05. The van der Waals surface area contributed by atoms with Crippen molar-refractivity contribution in [3.8, 4) is 5.75 Å². The lowest BCUT2D eigenvalue weighted by Crippen LogP contribution is -2.53. The van der Waals surface area contributed by atoms with Crippen molar-refractivity contribution >= 4 is 23.2 Å². The predicted octanol–water partition coefficient (Wildman–Crippen LogP) is 2.08. The lowest BCUT2D eigenvalue weighted by atomic mass is 9.83. The Hall–Kier alpha value is -1.50. The van der Waals surface area contributed by atoms with E-state index in [9.17, 15) is 4.79 Å². The van der Waals surface area contributed by atoms with Gasteiger partial charge in [-0.1, -0.05) is 11.6 Å². The highest BCUT2D eigenvalue weighted by molar-refractivity contribution is 6.33. The lowest BCUT2D eigenvalue weighted by molar-refractivity contribution is 0.0579. The van der Waals surface area contributed by atoms with Crippen LogP contribution in [0.5, 0.6) is 5.75 Å². The van der Waals surface area contributed by atoms with Crippen molar-refractivity contribution in [2.45, 2.75) is 24.8 Å². The maximum absolute atomic E-state index is 12.5. The summed E-state index contributed by atoms with van der Waals surface area (Å²) in [5, 5.41) is 3.35. The lowest BCUT2D eigenvalue weighted by Gasteiger charge is -2.45. The number of anilines is 1. The number of carbonyl (C=O) groups excluding carboxylic acids is 1. The smallest absolute Gasteiger partial charge is 0.255 e. The quantitative estimate of drug-likeness (QED) is 0.752. The summed E-state index contributed by atoms with van der Waals surface area (Å²) in [6, 6.07) is 3.14. The van der Waals surface area contributed by atoms with Crippen LogP contribution in [0, 0.1) is 0 Å². The van der Waals surface area contributed by atoms with Crippen molar-refractivity contribution in [3.63, 3.8) is 0 Å². The van der Waals surface area contributed by atoms with E-state index >= 15 is 0 Å². The number of hydrogen-bond donors (Lipinski definition) is 2. The molecule has 0 saturated carbocycles. The Balaban J connectivity index is 2.01. The molecule has 0 spiro atoms. The van der Waals surface area contributed by atoms with Crippen molar-refractivity contribution in [2.24, 2.45) is 0 Å². The minimum Gasteiger partial charge on any atom is -0.496 e. The van der Waals surface area contributed by atoms with Crippen LogP contribution in [0.3, 0.4) is 0 Å². The van der Waals surface area contributed by atoms with Gasteiger partial charge in [-0.15, -0.1) is 0 Å². The molecular formula is C18H29ClN4O2. The Labute approximate surface area is 155 Å². The van der Waals surface area contributed by atoms with Crippen molar-refractivity contribution in [1.29, 1.82) is 0 Å². The summed E-state index contributed by atoms with van der Waals surface area (Å²) in [5.41, 5.74) is 6.70. The van der Waals surface area contributed by atoms with Crippen molar-refractivity contribution in [3.05, 3.63) is 22.7 Å². The molecular weight excluding hydrogens is 340 g/mol. The Kier molecular flexibility index (Phi) is 6.54. The molecule has 3 N–H and O–H groups in total. The summed E-state index contributed by atoms with van der Waals surface area (Å²) in [4.78, 5) is 17.2. The molecule has 1 aromatic carbocycles. The zero-order valence-electron chi connectivity index (χ0n) is 15.6. The van der Waals surface area contributed by atoms with Crippen LogP contribution in [0.1, 0.15) is 29.6 Å². The number of nitrogens with two attached hydrogens (primary N) is 1. The Morgan fingerprint density at radius 1 is 1.40 bits per heavy atom. The second-order valence-electron chi connectivity index (χ2n) is 7.00. The molecule has 1 aliphatic rings. The van der Waals surface area contributed by atoms with E-state index in [-0.39, 0.29) is 11.4 Å². The van der Waals surface area contributed by atoms with Gasteiger partial charge in [0.1, 0.15) is 5.75 Å². The van der Waals surface area contributed by atoms with E-state index in [1.54, 1.807) is 12.1 Å². The van der Waals surface area contributed by atoms with Gasteiger partial charge in [-0.25, -0.2) is 0 Å². The molecule has 1 amide bonds. The molecule has 0 bridgehead atoms. The molecule has 1 aliphatic heterocycles. The molecule has 0 unspecified atom stereocenters. The third-order valence-electron chi connectivity index (χ3n) is 5.31. The number of ether oxygens (including phenoxy) is 1. The monoisotopic (exact) mass is 368 g/mol. The van der Waals surface area contributed by atoms with Gasteiger partial charge in [-0.2, -0.15) is 0 Å². The molecule has 1 saturated heterocycles. The number of piperidine rings is 1. The number of methoxy groups -OCH3 is 1. The third-order valence-corrected chi connectivity index (χ3v) is 5.63. The number of hydrogen-bond acceptors (Lipinski definition) is 5. The standard InChI is InChI=1S/C18H29ClN4O2/c1-22(2)18(6-9-23(3)10-7-18)5-8-21-17(24)13-11-14(19)15(20)12-16(13)25-4/h11-12H,5-10,20H2,1-4H3,(H,21,24). The average Bonchev–Trinajstić information content (AvgIpc) is 2.58. The van der Waals surface area contributed by atoms with Gasteiger partial charge >= 0.3 is 0 Å². The second kappa shape index (κ2) is 8.25. The minimum atomic E-state index is -0.194. The Morgan fingerprint density at radius 2 is 2.04 bits per heavy atom. The van der Waals surface area contributed by atoms with Crippen LogP contribution < -0.4 is 15.8 Å². The maximum atomic E-state index is 12.5. The van der Waals surface area contributed by atoms with Crippen molar-refractivity contribution in [1.82, 2.24) is 15.1 Å². The van der Waals surface area contributed by atoms with Crippen molar-refractivity contribution in [2.75, 3.05) is 53.6 Å². The summed E-state index contributed by atoms with van der Waals surface area (Å²) < 4.78 is 5.26.